The lowest BCUT2D eigenvalue weighted by atomic mass is 9.90. The minimum atomic E-state index is -0.383. The molecule has 14 heteroatoms. The summed E-state index contributed by atoms with van der Waals surface area (Å²) < 4.78 is 0. The number of pyridine rings is 2. The number of nitro benzene ring substituents is 2. The zero-order valence-electron chi connectivity index (χ0n) is 33.6. The third kappa shape index (κ3) is 11.7. The number of carbonyl (C=O) groups excluding carboxylic acids is 2. The normalized spacial score (nSPS) is 17.0. The van der Waals surface area contributed by atoms with E-state index < -0.39 is 0 Å². The summed E-state index contributed by atoms with van der Waals surface area (Å²) >= 11 is 0. The van der Waals surface area contributed by atoms with Gasteiger partial charge in [0.2, 0.25) is 11.8 Å². The van der Waals surface area contributed by atoms with Gasteiger partial charge < -0.3 is 9.80 Å². The predicted molar refractivity (Wildman–Crippen MR) is 220 cm³/mol. The van der Waals surface area contributed by atoms with Crippen molar-refractivity contribution >= 4 is 23.2 Å². The summed E-state index contributed by atoms with van der Waals surface area (Å²) in [5.74, 6) is 1.00. The summed E-state index contributed by atoms with van der Waals surface area (Å²) in [6, 6.07) is 25.4. The molecular weight excluding hydrogens is 737 g/mol. The van der Waals surface area contributed by atoms with E-state index in [1.165, 1.54) is 0 Å². The molecule has 0 N–H and O–H groups in total. The van der Waals surface area contributed by atoms with Crippen molar-refractivity contribution in [3.8, 4) is 0 Å². The zero-order valence-corrected chi connectivity index (χ0v) is 33.6. The van der Waals surface area contributed by atoms with Crippen molar-refractivity contribution in [1.29, 1.82) is 0 Å². The summed E-state index contributed by atoms with van der Waals surface area (Å²) in [5, 5.41) is 22.0. The molecule has 58 heavy (non-hydrogen) atoms. The van der Waals surface area contributed by atoms with E-state index in [2.05, 4.69) is 9.80 Å². The minimum absolute atomic E-state index is 0.0817. The molecule has 3 aliphatic heterocycles. The van der Waals surface area contributed by atoms with Crippen LogP contribution in [0, 0.1) is 32.1 Å². The number of hydrogen-bond acceptors (Lipinski definition) is 10. The number of non-ortho nitro benzene ring substituents is 2. The molecule has 0 aliphatic carbocycles. The molecule has 0 saturated carbocycles. The van der Waals surface area contributed by atoms with Crippen LogP contribution in [0.15, 0.2) is 84.9 Å². The Labute approximate surface area is 340 Å². The molecule has 3 aliphatic rings. The van der Waals surface area contributed by atoms with Crippen LogP contribution in [0.3, 0.4) is 0 Å². The topological polar surface area (TPSA) is 159 Å². The highest BCUT2D eigenvalue weighted by Crippen LogP contribution is 2.25. The number of amides is 2. The molecule has 14 nitrogen and oxygen atoms in total. The molecule has 2 amide bonds. The van der Waals surface area contributed by atoms with E-state index in [1.807, 2.05) is 84.3 Å². The smallest absolute Gasteiger partial charge is 0.269 e. The number of carbonyl (C=O) groups is 2. The zero-order chi connectivity index (χ0) is 41.0. The lowest BCUT2D eigenvalue weighted by Crippen LogP contribution is -2.44. The van der Waals surface area contributed by atoms with E-state index in [0.29, 0.717) is 64.2 Å². The molecular formula is C44H54N8O6. The first-order valence-corrected chi connectivity index (χ1v) is 20.5. The Morgan fingerprint density at radius 3 is 1.16 bits per heavy atom. The maximum Gasteiger partial charge on any atom is 0.269 e. The Hall–Kier alpha value is -5.60. The lowest BCUT2D eigenvalue weighted by Gasteiger charge is -2.34. The van der Waals surface area contributed by atoms with Gasteiger partial charge in [0.1, 0.15) is 0 Å². The summed E-state index contributed by atoms with van der Waals surface area (Å²) in [6.45, 7) is 9.14. The van der Waals surface area contributed by atoms with E-state index in [4.69, 9.17) is 9.97 Å². The molecule has 0 spiro atoms. The van der Waals surface area contributed by atoms with Crippen LogP contribution in [0.1, 0.15) is 73.4 Å². The minimum Gasteiger partial charge on any atom is -0.342 e. The maximum atomic E-state index is 13.7. The van der Waals surface area contributed by atoms with Crippen LogP contribution in [-0.4, -0.2) is 90.5 Å². The van der Waals surface area contributed by atoms with E-state index in [1.54, 1.807) is 24.3 Å². The van der Waals surface area contributed by atoms with Crippen molar-refractivity contribution in [3.05, 3.63) is 139 Å². The molecule has 2 aromatic heterocycles. The quantitative estimate of drug-likeness (QED) is 0.127. The van der Waals surface area contributed by atoms with Crippen LogP contribution in [0.25, 0.3) is 0 Å². The molecule has 0 atom stereocenters. The number of fused-ring (bicyclic) bond motifs is 4. The monoisotopic (exact) mass is 790 g/mol. The second-order valence-corrected chi connectivity index (χ2v) is 15.4. The molecule has 0 radical (unpaired) electrons. The Bertz CT molecular complexity index is 1820. The van der Waals surface area contributed by atoms with Crippen LogP contribution in [0.4, 0.5) is 11.4 Å². The molecule has 7 rings (SSSR count). The average Bonchev–Trinajstić information content (AvgIpc) is 3.22. The molecule has 4 bridgehead atoms. The summed E-state index contributed by atoms with van der Waals surface area (Å²) in [4.78, 5) is 66.7. The van der Waals surface area contributed by atoms with E-state index in [9.17, 15) is 29.8 Å². The number of likely N-dealkylation sites (tertiary alicyclic amines) is 2. The first-order valence-electron chi connectivity index (χ1n) is 20.5. The average molecular weight is 791 g/mol. The molecule has 0 unspecified atom stereocenters. The van der Waals surface area contributed by atoms with Crippen LogP contribution >= 0.6 is 0 Å². The summed E-state index contributed by atoms with van der Waals surface area (Å²) in [6.07, 6.45) is 5.23. The van der Waals surface area contributed by atoms with Gasteiger partial charge in [0.25, 0.3) is 11.4 Å². The van der Waals surface area contributed by atoms with Gasteiger partial charge in [-0.3, -0.25) is 49.6 Å². The second kappa shape index (κ2) is 20.2. The van der Waals surface area contributed by atoms with E-state index in [0.717, 1.165) is 72.4 Å². The molecule has 306 valence electrons. The van der Waals surface area contributed by atoms with Crippen LogP contribution in [-0.2, 0) is 48.6 Å². The van der Waals surface area contributed by atoms with Gasteiger partial charge in [0.15, 0.2) is 0 Å². The van der Waals surface area contributed by atoms with Gasteiger partial charge in [0, 0.05) is 76.6 Å². The number of rotatable bonds is 10. The van der Waals surface area contributed by atoms with Gasteiger partial charge in [-0.15, -0.1) is 0 Å². The van der Waals surface area contributed by atoms with Gasteiger partial charge in [-0.05, 0) is 85.8 Å². The summed E-state index contributed by atoms with van der Waals surface area (Å²) in [5.41, 5.74) is 5.77. The molecule has 2 fully saturated rings. The maximum absolute atomic E-state index is 13.7. The molecule has 4 aromatic rings. The number of nitro groups is 2. The molecule has 5 heterocycles. The standard InChI is InChI=1S/C42H48N8O6.C2H6/c51-41(47-19-15-33(16-20-47)23-31-7-11-39(12-8-31)49(53)54)29-45-25-35-3-1-4-36(43-35)26-46(28-38-6-2-5-37(27-45)44-38)30-42(52)48-21-17-34(18-22-48)24-32-9-13-40(14-10-32)50(55)56;1-2/h1-14,33-34H,15-30H2;1-2H3. The fraction of sp³-hybridized carbons (Fsp3) is 0.455. The predicted octanol–water partition coefficient (Wildman–Crippen LogP) is 6.60. The van der Waals surface area contributed by atoms with Crippen molar-refractivity contribution < 1.29 is 19.4 Å². The first kappa shape index (κ1) is 42.0. The van der Waals surface area contributed by atoms with E-state index in [-0.39, 0.29) is 46.1 Å². The highest BCUT2D eigenvalue weighted by molar-refractivity contribution is 5.78. The second-order valence-electron chi connectivity index (χ2n) is 15.4. The van der Waals surface area contributed by atoms with Gasteiger partial charge in [-0.2, -0.15) is 0 Å². The fourth-order valence-corrected chi connectivity index (χ4v) is 8.19. The Morgan fingerprint density at radius 2 is 0.862 bits per heavy atom. The largest absolute Gasteiger partial charge is 0.342 e. The van der Waals surface area contributed by atoms with Crippen molar-refractivity contribution in [2.75, 3.05) is 39.3 Å². The number of piperidine rings is 2. The third-order valence-electron chi connectivity index (χ3n) is 11.3. The Morgan fingerprint density at radius 1 is 0.552 bits per heavy atom. The lowest BCUT2D eigenvalue weighted by molar-refractivity contribution is -0.385. The Kier molecular flexibility index (Phi) is 14.6. The molecule has 2 aromatic carbocycles. The number of benzene rings is 2. The summed E-state index contributed by atoms with van der Waals surface area (Å²) in [7, 11) is 0. The van der Waals surface area contributed by atoms with E-state index >= 15 is 0 Å². The number of nitrogens with zero attached hydrogens (tertiary/aromatic N) is 8. The van der Waals surface area contributed by atoms with Gasteiger partial charge in [-0.25, -0.2) is 0 Å². The van der Waals surface area contributed by atoms with Gasteiger partial charge in [0.05, 0.1) is 45.7 Å². The highest BCUT2D eigenvalue weighted by atomic mass is 16.6. The SMILES string of the molecule is CC.O=C(CN1Cc2cccc(n2)CN(CC(=O)N2CCC(Cc3ccc([N+](=O)[O-])cc3)CC2)Cc2cccc(n2)C1)N1CCC(Cc2ccc([N+](=O)[O-])cc2)CC1. The first-order chi connectivity index (χ1) is 28.1. The van der Waals surface area contributed by atoms with Gasteiger partial charge in [-0.1, -0.05) is 50.2 Å². The van der Waals surface area contributed by atoms with Crippen LogP contribution in [0.5, 0.6) is 0 Å². The van der Waals surface area contributed by atoms with Gasteiger partial charge >= 0.3 is 0 Å². The van der Waals surface area contributed by atoms with Crippen LogP contribution in [0.2, 0.25) is 0 Å². The van der Waals surface area contributed by atoms with Crippen molar-refractivity contribution in [3.63, 3.8) is 0 Å². The number of aromatic nitrogens is 2. The number of hydrogen-bond donors (Lipinski definition) is 0. The van der Waals surface area contributed by atoms with Crippen molar-refractivity contribution in [2.24, 2.45) is 11.8 Å². The van der Waals surface area contributed by atoms with Crippen LogP contribution < -0.4 is 0 Å². The van der Waals surface area contributed by atoms with Crippen molar-refractivity contribution in [2.45, 2.75) is 78.6 Å². The Balaban J connectivity index is 0.00000279. The molecule has 2 saturated heterocycles. The highest BCUT2D eigenvalue weighted by Gasteiger charge is 2.27. The third-order valence-corrected chi connectivity index (χ3v) is 11.3. The fourth-order valence-electron chi connectivity index (χ4n) is 8.19. The van der Waals surface area contributed by atoms with Crippen molar-refractivity contribution in [1.82, 2.24) is 29.6 Å².